The Hall–Kier alpha value is -3.34. The van der Waals surface area contributed by atoms with Crippen molar-refractivity contribution in [3.8, 4) is 0 Å². The van der Waals surface area contributed by atoms with Crippen molar-refractivity contribution in [2.45, 2.75) is 6.54 Å². The number of fused-ring (bicyclic) bond motifs is 1. The van der Waals surface area contributed by atoms with Gasteiger partial charge in [-0.25, -0.2) is 9.97 Å². The van der Waals surface area contributed by atoms with Crippen LogP contribution in [0, 0.1) is 0 Å². The Morgan fingerprint density at radius 3 is 2.14 bits per heavy atom. The molecule has 0 saturated carbocycles. The Morgan fingerprint density at radius 1 is 0.714 bits per heavy atom. The first-order chi connectivity index (χ1) is 13.9. The first-order valence-corrected chi connectivity index (χ1v) is 9.77. The van der Waals surface area contributed by atoms with Crippen molar-refractivity contribution < 1.29 is 0 Å². The Kier molecular flexibility index (Phi) is 4.41. The molecule has 1 saturated heterocycles. The molecule has 1 aliphatic heterocycles. The molecule has 0 N–H and O–H groups in total. The van der Waals surface area contributed by atoms with Gasteiger partial charge in [0.1, 0.15) is 17.8 Å². The molecule has 0 amide bonds. The van der Waals surface area contributed by atoms with Crippen LogP contribution in [0.25, 0.3) is 11.0 Å². The van der Waals surface area contributed by atoms with Gasteiger partial charge in [0.15, 0.2) is 0 Å². The maximum atomic E-state index is 4.63. The summed E-state index contributed by atoms with van der Waals surface area (Å²) in [6, 6.07) is 23.3. The summed E-state index contributed by atoms with van der Waals surface area (Å²) < 4.78 is 2.20. The zero-order valence-corrected chi connectivity index (χ0v) is 15.8. The van der Waals surface area contributed by atoms with Crippen LogP contribution in [0.5, 0.6) is 0 Å². The van der Waals surface area contributed by atoms with Gasteiger partial charge in [0.05, 0.1) is 5.39 Å². The topological polar surface area (TPSA) is 37.2 Å². The predicted octanol–water partition coefficient (Wildman–Crippen LogP) is 3.81. The van der Waals surface area contributed by atoms with Crippen LogP contribution in [0.3, 0.4) is 0 Å². The zero-order valence-electron chi connectivity index (χ0n) is 15.8. The summed E-state index contributed by atoms with van der Waals surface area (Å²) in [5.41, 5.74) is 3.57. The van der Waals surface area contributed by atoms with E-state index in [9.17, 15) is 0 Å². The van der Waals surface area contributed by atoms with Gasteiger partial charge in [-0.15, -0.1) is 0 Å². The second kappa shape index (κ2) is 7.35. The smallest absolute Gasteiger partial charge is 0.145 e. The van der Waals surface area contributed by atoms with Crippen molar-refractivity contribution in [3.63, 3.8) is 0 Å². The van der Waals surface area contributed by atoms with Crippen LogP contribution in [0.1, 0.15) is 5.56 Å². The third-order valence-electron chi connectivity index (χ3n) is 5.43. The molecule has 28 heavy (non-hydrogen) atoms. The van der Waals surface area contributed by atoms with Crippen molar-refractivity contribution in [2.75, 3.05) is 36.0 Å². The van der Waals surface area contributed by atoms with Crippen molar-refractivity contribution in [1.82, 2.24) is 14.5 Å². The van der Waals surface area contributed by atoms with E-state index in [1.807, 2.05) is 6.07 Å². The molecular weight excluding hydrogens is 346 g/mol. The average Bonchev–Trinajstić information content (AvgIpc) is 3.18. The first-order valence-electron chi connectivity index (χ1n) is 9.77. The fraction of sp³-hybridized carbons (Fsp3) is 0.217. The molecule has 140 valence electrons. The molecule has 2 aromatic heterocycles. The van der Waals surface area contributed by atoms with E-state index in [1.54, 1.807) is 6.33 Å². The fourth-order valence-electron chi connectivity index (χ4n) is 3.97. The van der Waals surface area contributed by atoms with Crippen LogP contribution in [0.4, 0.5) is 11.5 Å². The monoisotopic (exact) mass is 369 g/mol. The van der Waals surface area contributed by atoms with Crippen LogP contribution < -0.4 is 9.80 Å². The number of para-hydroxylation sites is 1. The maximum Gasteiger partial charge on any atom is 0.145 e. The molecule has 1 aliphatic rings. The van der Waals surface area contributed by atoms with E-state index < -0.39 is 0 Å². The number of benzene rings is 2. The van der Waals surface area contributed by atoms with Gasteiger partial charge in [-0.2, -0.15) is 0 Å². The predicted molar refractivity (Wildman–Crippen MR) is 114 cm³/mol. The Balaban J connectivity index is 1.37. The van der Waals surface area contributed by atoms with Crippen molar-refractivity contribution in [1.29, 1.82) is 0 Å². The van der Waals surface area contributed by atoms with Gasteiger partial charge in [-0.1, -0.05) is 48.5 Å². The SMILES string of the molecule is c1ccc(Cn2ccc3c(N4CCN(c5ccccc5)CC4)ncnc32)cc1. The highest BCUT2D eigenvalue weighted by molar-refractivity contribution is 5.88. The van der Waals surface area contributed by atoms with E-state index in [0.717, 1.165) is 49.6 Å². The van der Waals surface area contributed by atoms with Gasteiger partial charge >= 0.3 is 0 Å². The second-order valence-electron chi connectivity index (χ2n) is 7.17. The normalized spacial score (nSPS) is 14.6. The molecule has 4 aromatic rings. The number of anilines is 2. The van der Waals surface area contributed by atoms with Crippen LogP contribution in [0.2, 0.25) is 0 Å². The summed E-state index contributed by atoms with van der Waals surface area (Å²) in [6.07, 6.45) is 3.82. The van der Waals surface area contributed by atoms with Crippen molar-refractivity contribution in [2.24, 2.45) is 0 Å². The summed E-state index contributed by atoms with van der Waals surface area (Å²) in [5.74, 6) is 1.05. The summed E-state index contributed by atoms with van der Waals surface area (Å²) >= 11 is 0. The Morgan fingerprint density at radius 2 is 1.39 bits per heavy atom. The summed E-state index contributed by atoms with van der Waals surface area (Å²) in [4.78, 5) is 14.0. The van der Waals surface area contributed by atoms with Gasteiger partial charge in [0, 0.05) is 44.6 Å². The number of hydrogen-bond donors (Lipinski definition) is 0. The summed E-state index contributed by atoms with van der Waals surface area (Å²) in [6.45, 7) is 4.75. The second-order valence-corrected chi connectivity index (χ2v) is 7.17. The molecule has 0 atom stereocenters. The van der Waals surface area contributed by atoms with E-state index >= 15 is 0 Å². The minimum absolute atomic E-state index is 0.822. The fourth-order valence-corrected chi connectivity index (χ4v) is 3.97. The average molecular weight is 369 g/mol. The van der Waals surface area contributed by atoms with Crippen LogP contribution in [-0.4, -0.2) is 40.7 Å². The highest BCUT2D eigenvalue weighted by Crippen LogP contribution is 2.26. The molecule has 0 aliphatic carbocycles. The molecular formula is C23H23N5. The largest absolute Gasteiger partial charge is 0.368 e. The maximum absolute atomic E-state index is 4.63. The van der Waals surface area contributed by atoms with Crippen LogP contribution in [-0.2, 0) is 6.54 Å². The summed E-state index contributed by atoms with van der Waals surface area (Å²) in [5, 5.41) is 1.13. The highest BCUT2D eigenvalue weighted by atomic mass is 15.3. The third-order valence-corrected chi connectivity index (χ3v) is 5.43. The number of rotatable bonds is 4. The van der Waals surface area contributed by atoms with Gasteiger partial charge < -0.3 is 14.4 Å². The molecule has 0 spiro atoms. The van der Waals surface area contributed by atoms with Gasteiger partial charge in [0.25, 0.3) is 0 Å². The molecule has 0 unspecified atom stereocenters. The lowest BCUT2D eigenvalue weighted by molar-refractivity contribution is 0.649. The number of hydrogen-bond acceptors (Lipinski definition) is 4. The lowest BCUT2D eigenvalue weighted by Crippen LogP contribution is -2.46. The van der Waals surface area contributed by atoms with E-state index in [0.29, 0.717) is 0 Å². The molecule has 1 fully saturated rings. The molecule has 5 nitrogen and oxygen atoms in total. The molecule has 0 bridgehead atoms. The molecule has 0 radical (unpaired) electrons. The molecule has 5 heteroatoms. The zero-order chi connectivity index (χ0) is 18.8. The third kappa shape index (κ3) is 3.20. The minimum Gasteiger partial charge on any atom is -0.368 e. The summed E-state index contributed by atoms with van der Waals surface area (Å²) in [7, 11) is 0. The van der Waals surface area contributed by atoms with E-state index in [-0.39, 0.29) is 0 Å². The Bertz CT molecular complexity index is 1050. The molecule has 3 heterocycles. The number of aromatic nitrogens is 3. The van der Waals surface area contributed by atoms with E-state index in [2.05, 4.69) is 91.2 Å². The minimum atomic E-state index is 0.822. The van der Waals surface area contributed by atoms with Gasteiger partial charge in [-0.05, 0) is 23.8 Å². The standard InChI is InChI=1S/C23H23N5/c1-3-7-19(8-4-1)17-28-12-11-21-22(24-18-25-23(21)28)27-15-13-26(14-16-27)20-9-5-2-6-10-20/h1-12,18H,13-17H2. The molecule has 5 rings (SSSR count). The van der Waals surface area contributed by atoms with Gasteiger partial charge in [0.2, 0.25) is 0 Å². The van der Waals surface area contributed by atoms with Crippen molar-refractivity contribution in [3.05, 3.63) is 84.8 Å². The highest BCUT2D eigenvalue weighted by Gasteiger charge is 2.21. The van der Waals surface area contributed by atoms with Gasteiger partial charge in [-0.3, -0.25) is 0 Å². The quantitative estimate of drug-likeness (QED) is 0.548. The van der Waals surface area contributed by atoms with Crippen LogP contribution >= 0.6 is 0 Å². The Labute approximate surface area is 164 Å². The molecule has 2 aromatic carbocycles. The number of piperazine rings is 1. The number of nitrogens with zero attached hydrogens (tertiary/aromatic N) is 5. The first kappa shape index (κ1) is 16.8. The lowest BCUT2D eigenvalue weighted by Gasteiger charge is -2.36. The van der Waals surface area contributed by atoms with E-state index in [1.165, 1.54) is 11.3 Å². The van der Waals surface area contributed by atoms with E-state index in [4.69, 9.17) is 0 Å². The van der Waals surface area contributed by atoms with Crippen molar-refractivity contribution >= 4 is 22.5 Å². The lowest BCUT2D eigenvalue weighted by atomic mass is 10.2. The van der Waals surface area contributed by atoms with Crippen LogP contribution in [0.15, 0.2) is 79.3 Å².